The molecule has 0 radical (unpaired) electrons. The highest BCUT2D eigenvalue weighted by Crippen LogP contribution is 2.18. The number of carbonyl (C=O) groups is 2. The van der Waals surface area contributed by atoms with Gasteiger partial charge in [-0.25, -0.2) is 0 Å². The van der Waals surface area contributed by atoms with Gasteiger partial charge in [-0.3, -0.25) is 9.59 Å². The summed E-state index contributed by atoms with van der Waals surface area (Å²) in [5, 5.41) is 9.35. The number of aliphatic hydroxyl groups excluding tert-OH is 1. The van der Waals surface area contributed by atoms with Gasteiger partial charge in [0.2, 0.25) is 0 Å². The molecule has 0 aromatic rings. The Kier molecular flexibility index (Phi) is 32.6. The molecule has 0 saturated heterocycles. The predicted molar refractivity (Wildman–Crippen MR) is 200 cm³/mol. The SMILES string of the molecule is CCCCCCCC/C=C\CCCCCCCC(=O)C(N)(CN(C)CCO)C(=O)CCCCCCC/C=C\CCCCCCCC. The first-order valence-electron chi connectivity index (χ1n) is 19.9. The number of hydrogen-bond donors (Lipinski definition) is 2. The minimum absolute atomic E-state index is 0.0164. The average Bonchev–Trinajstić information content (AvgIpc) is 3.04. The van der Waals surface area contributed by atoms with Crippen LogP contribution in [-0.2, 0) is 9.59 Å². The van der Waals surface area contributed by atoms with Gasteiger partial charge < -0.3 is 15.7 Å². The Bertz CT molecular complexity index is 696. The van der Waals surface area contributed by atoms with Crippen LogP contribution in [0.5, 0.6) is 0 Å². The normalized spacial score (nSPS) is 12.3. The highest BCUT2D eigenvalue weighted by atomic mass is 16.3. The minimum atomic E-state index is -1.47. The quantitative estimate of drug-likeness (QED) is 0.0402. The summed E-state index contributed by atoms with van der Waals surface area (Å²) in [5.74, 6) is -0.264. The third-order valence-corrected chi connectivity index (χ3v) is 9.33. The number of aliphatic hydroxyl groups is 1. The van der Waals surface area contributed by atoms with Crippen LogP contribution in [0.15, 0.2) is 24.3 Å². The van der Waals surface area contributed by atoms with Crippen LogP contribution < -0.4 is 5.73 Å². The second-order valence-corrected chi connectivity index (χ2v) is 13.9. The van der Waals surface area contributed by atoms with Gasteiger partial charge in [0, 0.05) is 25.9 Å². The van der Waals surface area contributed by atoms with E-state index in [1.807, 2.05) is 11.9 Å². The molecule has 0 aliphatic heterocycles. The molecule has 3 N–H and O–H groups in total. The zero-order valence-electron chi connectivity index (χ0n) is 31.0. The number of nitrogens with zero attached hydrogens (tertiary/aromatic N) is 1. The van der Waals surface area contributed by atoms with Crippen molar-refractivity contribution in [2.45, 2.75) is 199 Å². The molecule has 0 aliphatic rings. The number of rotatable bonds is 36. The van der Waals surface area contributed by atoms with Crippen LogP contribution in [0.2, 0.25) is 0 Å². The summed E-state index contributed by atoms with van der Waals surface area (Å²) < 4.78 is 0. The molecule has 270 valence electrons. The van der Waals surface area contributed by atoms with Crippen LogP contribution >= 0.6 is 0 Å². The first-order valence-corrected chi connectivity index (χ1v) is 19.9. The van der Waals surface area contributed by atoms with Crippen molar-refractivity contribution >= 4 is 11.6 Å². The molecule has 0 heterocycles. The number of unbranched alkanes of at least 4 members (excludes halogenated alkanes) is 22. The second-order valence-electron chi connectivity index (χ2n) is 13.9. The van der Waals surface area contributed by atoms with Crippen molar-refractivity contribution in [1.29, 1.82) is 0 Å². The van der Waals surface area contributed by atoms with E-state index in [1.54, 1.807) is 0 Å². The summed E-state index contributed by atoms with van der Waals surface area (Å²) in [6.45, 7) is 5.09. The number of ketones is 2. The van der Waals surface area contributed by atoms with Gasteiger partial charge in [0.15, 0.2) is 11.6 Å². The molecule has 0 spiro atoms. The fourth-order valence-electron chi connectivity index (χ4n) is 6.17. The van der Waals surface area contributed by atoms with Crippen LogP contribution in [0.3, 0.4) is 0 Å². The van der Waals surface area contributed by atoms with Crippen molar-refractivity contribution in [3.05, 3.63) is 24.3 Å². The number of allylic oxidation sites excluding steroid dienone is 4. The summed E-state index contributed by atoms with van der Waals surface area (Å²) in [6, 6.07) is 0. The number of Topliss-reactive ketones (excluding diaryl/α,β-unsaturated/α-hetero) is 2. The maximum Gasteiger partial charge on any atom is 0.161 e. The molecule has 0 rings (SSSR count). The highest BCUT2D eigenvalue weighted by molar-refractivity contribution is 6.11. The van der Waals surface area contributed by atoms with Crippen LogP contribution in [0, 0.1) is 0 Å². The van der Waals surface area contributed by atoms with E-state index in [4.69, 9.17) is 5.73 Å². The Hall–Kier alpha value is -1.30. The van der Waals surface area contributed by atoms with Crippen LogP contribution in [0.1, 0.15) is 194 Å². The molecule has 46 heavy (non-hydrogen) atoms. The maximum absolute atomic E-state index is 13.3. The van der Waals surface area contributed by atoms with Gasteiger partial charge in [0.05, 0.1) is 6.61 Å². The van der Waals surface area contributed by atoms with Gasteiger partial charge >= 0.3 is 0 Å². The zero-order chi connectivity index (χ0) is 34.0. The molecule has 0 aromatic carbocycles. The smallest absolute Gasteiger partial charge is 0.161 e. The first-order chi connectivity index (χ1) is 22.4. The molecular formula is C41H78N2O3. The van der Waals surface area contributed by atoms with Crippen molar-refractivity contribution in [3.63, 3.8) is 0 Å². The monoisotopic (exact) mass is 647 g/mol. The number of hydrogen-bond acceptors (Lipinski definition) is 5. The lowest BCUT2D eigenvalue weighted by Crippen LogP contribution is -2.61. The molecular weight excluding hydrogens is 568 g/mol. The van der Waals surface area contributed by atoms with E-state index in [0.717, 1.165) is 51.4 Å². The largest absolute Gasteiger partial charge is 0.395 e. The predicted octanol–water partition coefficient (Wildman–Crippen LogP) is 10.8. The number of nitrogens with two attached hydrogens (primary N) is 1. The van der Waals surface area contributed by atoms with Gasteiger partial charge in [0.25, 0.3) is 0 Å². The van der Waals surface area contributed by atoms with Gasteiger partial charge in [-0.1, -0.05) is 141 Å². The zero-order valence-corrected chi connectivity index (χ0v) is 31.0. The Balaban J connectivity index is 4.19. The average molecular weight is 647 g/mol. The lowest BCUT2D eigenvalue weighted by atomic mass is 9.84. The van der Waals surface area contributed by atoms with Gasteiger partial charge in [-0.2, -0.15) is 0 Å². The fraction of sp³-hybridized carbons (Fsp3) is 0.854. The molecule has 5 nitrogen and oxygen atoms in total. The highest BCUT2D eigenvalue weighted by Gasteiger charge is 2.40. The van der Waals surface area contributed by atoms with E-state index in [1.165, 1.54) is 116 Å². The summed E-state index contributed by atoms with van der Waals surface area (Å²) in [7, 11) is 1.82. The van der Waals surface area contributed by atoms with E-state index in [2.05, 4.69) is 38.2 Å². The topological polar surface area (TPSA) is 83.6 Å². The second kappa shape index (κ2) is 33.6. The number of likely N-dealkylation sites (N-methyl/N-ethyl adjacent to an activating group) is 1. The molecule has 0 unspecified atom stereocenters. The molecule has 0 aromatic heterocycles. The molecule has 0 aliphatic carbocycles. The summed E-state index contributed by atoms with van der Waals surface area (Å²) in [6.07, 6.45) is 41.5. The van der Waals surface area contributed by atoms with Gasteiger partial charge in [-0.05, 0) is 71.3 Å². The van der Waals surface area contributed by atoms with Gasteiger partial charge in [-0.15, -0.1) is 0 Å². The first kappa shape index (κ1) is 44.7. The van der Waals surface area contributed by atoms with Gasteiger partial charge in [0.1, 0.15) is 5.54 Å². The van der Waals surface area contributed by atoms with Crippen LogP contribution in [0.4, 0.5) is 0 Å². The lowest BCUT2D eigenvalue weighted by Gasteiger charge is -2.31. The standard InChI is InChI=1S/C41H78N2O3/c1-4-6-8-10-12-14-16-18-20-22-24-26-28-30-32-34-39(45)41(42,38-43(3)36-37-44)40(46)35-33-31-29-27-25-23-21-19-17-15-13-11-9-7-5-2/h18-21,44H,4-17,22-38,42H2,1-3H3/b20-18-,21-19-. The van der Waals surface area contributed by atoms with Crippen molar-refractivity contribution in [2.75, 3.05) is 26.7 Å². The number of carbonyl (C=O) groups excluding carboxylic acids is 2. The third-order valence-electron chi connectivity index (χ3n) is 9.33. The van der Waals surface area contributed by atoms with E-state index in [9.17, 15) is 14.7 Å². The summed E-state index contributed by atoms with van der Waals surface area (Å²) in [4.78, 5) is 28.4. The van der Waals surface area contributed by atoms with Crippen molar-refractivity contribution in [2.24, 2.45) is 5.73 Å². The Labute approximate surface area is 286 Å². The van der Waals surface area contributed by atoms with Crippen molar-refractivity contribution in [1.82, 2.24) is 4.90 Å². The summed E-state index contributed by atoms with van der Waals surface area (Å²) >= 11 is 0. The molecule has 0 bridgehead atoms. The maximum atomic E-state index is 13.3. The van der Waals surface area contributed by atoms with Crippen molar-refractivity contribution < 1.29 is 14.7 Å². The van der Waals surface area contributed by atoms with E-state index >= 15 is 0 Å². The van der Waals surface area contributed by atoms with Crippen LogP contribution in [0.25, 0.3) is 0 Å². The molecule has 0 fully saturated rings. The Morgan fingerprint density at radius 3 is 1.17 bits per heavy atom. The Morgan fingerprint density at radius 1 is 0.543 bits per heavy atom. The lowest BCUT2D eigenvalue weighted by molar-refractivity contribution is -0.135. The summed E-state index contributed by atoms with van der Waals surface area (Å²) in [5.41, 5.74) is 5.13. The molecule has 0 saturated carbocycles. The molecule has 5 heteroatoms. The molecule has 0 atom stereocenters. The molecule has 0 amide bonds. The third kappa shape index (κ3) is 26.7. The van der Waals surface area contributed by atoms with E-state index in [-0.39, 0.29) is 24.7 Å². The van der Waals surface area contributed by atoms with Crippen molar-refractivity contribution in [3.8, 4) is 0 Å². The fourth-order valence-corrected chi connectivity index (χ4v) is 6.17. The minimum Gasteiger partial charge on any atom is -0.395 e. The Morgan fingerprint density at radius 2 is 0.848 bits per heavy atom. The van der Waals surface area contributed by atoms with E-state index < -0.39 is 5.54 Å². The van der Waals surface area contributed by atoms with E-state index in [0.29, 0.717) is 19.4 Å². The van der Waals surface area contributed by atoms with Crippen LogP contribution in [-0.4, -0.2) is 53.9 Å².